The number of hydrogen-bond donors (Lipinski definition) is 2. The minimum atomic E-state index is -4.10. The highest BCUT2D eigenvalue weighted by Gasteiger charge is 2.50. The lowest BCUT2D eigenvalue weighted by Crippen LogP contribution is -2.43. The first kappa shape index (κ1) is 26.9. The van der Waals surface area contributed by atoms with Crippen LogP contribution < -0.4 is 15.3 Å². The van der Waals surface area contributed by atoms with E-state index in [2.05, 4.69) is 16.7 Å². The highest BCUT2D eigenvalue weighted by molar-refractivity contribution is 7.52. The van der Waals surface area contributed by atoms with Gasteiger partial charge in [-0.25, -0.2) is 13.9 Å². The average Bonchev–Trinajstić information content (AvgIpc) is 3.06. The van der Waals surface area contributed by atoms with Crippen LogP contribution in [-0.4, -0.2) is 53.5 Å². The number of amidine groups is 1. The number of carbonyl (C=O) groups is 1. The number of alkyl halides is 1. The zero-order chi connectivity index (χ0) is 25.8. The fourth-order valence-corrected chi connectivity index (χ4v) is 5.11. The third-order valence-corrected chi connectivity index (χ3v) is 6.78. The van der Waals surface area contributed by atoms with Crippen LogP contribution in [0.15, 0.2) is 60.0 Å². The molecule has 0 aromatic heterocycles. The maximum Gasteiger partial charge on any atom is 0.459 e. The highest BCUT2D eigenvalue weighted by atomic mass is 31.2. The maximum absolute atomic E-state index is 15.4. The van der Waals surface area contributed by atoms with Gasteiger partial charge >= 0.3 is 13.7 Å². The lowest BCUT2D eigenvalue weighted by atomic mass is 10.0. The SMILES string of the molecule is C=C1N=C(N)C=CN1[C@@H]1O[C@H](CO[P@@](=O)(N[C@H](C)C(=O)OC(C)C)Oc2ccccc2)C[C@@]1(C)F. The van der Waals surface area contributed by atoms with Crippen LogP contribution in [0.3, 0.4) is 0 Å². The van der Waals surface area contributed by atoms with E-state index in [1.807, 2.05) is 0 Å². The van der Waals surface area contributed by atoms with Crippen molar-refractivity contribution in [3.05, 3.63) is 55.0 Å². The summed E-state index contributed by atoms with van der Waals surface area (Å²) in [6, 6.07) is 7.35. The summed E-state index contributed by atoms with van der Waals surface area (Å²) < 4.78 is 51.3. The lowest BCUT2D eigenvalue weighted by Gasteiger charge is -2.33. The molecule has 0 spiro atoms. The first-order chi connectivity index (χ1) is 16.4. The summed E-state index contributed by atoms with van der Waals surface area (Å²) in [5, 5.41) is 2.60. The molecule has 1 fully saturated rings. The molecule has 2 heterocycles. The molecular formula is C23H32FN4O6P. The van der Waals surface area contributed by atoms with E-state index >= 15 is 4.39 Å². The maximum atomic E-state index is 15.4. The molecule has 0 bridgehead atoms. The molecule has 12 heteroatoms. The molecule has 35 heavy (non-hydrogen) atoms. The van der Waals surface area contributed by atoms with Gasteiger partial charge in [0.2, 0.25) is 0 Å². The molecule has 1 aromatic rings. The number of nitrogens with two attached hydrogens (primary N) is 1. The van der Waals surface area contributed by atoms with E-state index in [-0.39, 0.29) is 36.5 Å². The third-order valence-electron chi connectivity index (χ3n) is 5.13. The summed E-state index contributed by atoms with van der Waals surface area (Å²) in [6.07, 6.45) is 0.840. The van der Waals surface area contributed by atoms with Crippen molar-refractivity contribution < 1.29 is 32.3 Å². The summed E-state index contributed by atoms with van der Waals surface area (Å²) in [6.45, 7) is 9.80. The molecule has 0 unspecified atom stereocenters. The van der Waals surface area contributed by atoms with Gasteiger partial charge in [-0.1, -0.05) is 24.8 Å². The number of esters is 1. The Bertz CT molecular complexity index is 1030. The van der Waals surface area contributed by atoms with E-state index in [1.165, 1.54) is 24.8 Å². The van der Waals surface area contributed by atoms with Crippen molar-refractivity contribution >= 4 is 19.6 Å². The minimum absolute atomic E-state index is 0.0508. The Morgan fingerprint density at radius 2 is 2.09 bits per heavy atom. The van der Waals surface area contributed by atoms with Gasteiger partial charge in [-0.2, -0.15) is 5.09 Å². The predicted molar refractivity (Wildman–Crippen MR) is 129 cm³/mol. The molecule has 1 saturated heterocycles. The van der Waals surface area contributed by atoms with Gasteiger partial charge in [0.15, 0.2) is 11.9 Å². The molecule has 5 atom stereocenters. The summed E-state index contributed by atoms with van der Waals surface area (Å²) in [4.78, 5) is 17.8. The standard InChI is InChI=1S/C23H32FN4O6P/c1-15(2)32-21(29)16(3)27-35(30,34-18-9-7-6-8-10-18)31-14-19-13-23(5,24)22(33-19)28-12-11-20(25)26-17(28)4/h6-12,15-16,19,22H,4,13-14H2,1-3,5H3,(H2,25,26)(H,27,30)/t16-,19+,22-,23-,35+/m1/s1. The van der Waals surface area contributed by atoms with Crippen LogP contribution >= 0.6 is 7.75 Å². The fourth-order valence-electron chi connectivity index (χ4n) is 3.59. The van der Waals surface area contributed by atoms with Gasteiger partial charge in [0.25, 0.3) is 0 Å². The van der Waals surface area contributed by atoms with E-state index in [0.717, 1.165) is 0 Å². The number of hydrogen-bond acceptors (Lipinski definition) is 9. The van der Waals surface area contributed by atoms with Crippen LogP contribution in [0.2, 0.25) is 0 Å². The van der Waals surface area contributed by atoms with Crippen molar-refractivity contribution in [3.8, 4) is 5.75 Å². The quantitative estimate of drug-likeness (QED) is 0.359. The molecule has 0 saturated carbocycles. The smallest absolute Gasteiger partial charge is 0.459 e. The summed E-state index contributed by atoms with van der Waals surface area (Å²) in [7, 11) is -4.10. The first-order valence-corrected chi connectivity index (χ1v) is 12.7. The number of ether oxygens (including phenoxy) is 2. The zero-order valence-corrected chi connectivity index (χ0v) is 21.1. The van der Waals surface area contributed by atoms with Crippen LogP contribution in [-0.2, 0) is 23.4 Å². The molecular weight excluding hydrogens is 478 g/mol. The molecule has 2 aliphatic heterocycles. The Kier molecular flexibility index (Phi) is 8.38. The van der Waals surface area contributed by atoms with Gasteiger partial charge in [-0.15, -0.1) is 0 Å². The van der Waals surface area contributed by atoms with E-state index < -0.39 is 37.8 Å². The van der Waals surface area contributed by atoms with Crippen molar-refractivity contribution in [1.29, 1.82) is 0 Å². The highest BCUT2D eigenvalue weighted by Crippen LogP contribution is 2.46. The van der Waals surface area contributed by atoms with Crippen LogP contribution in [0.25, 0.3) is 0 Å². The number of halogens is 1. The summed E-state index contributed by atoms with van der Waals surface area (Å²) in [5.74, 6) is 0.125. The molecule has 192 valence electrons. The monoisotopic (exact) mass is 510 g/mol. The molecule has 1 aromatic carbocycles. The number of nitrogens with zero attached hydrogens (tertiary/aromatic N) is 2. The number of para-hydroxylation sites is 1. The largest absolute Gasteiger partial charge is 0.462 e. The molecule has 0 amide bonds. The molecule has 10 nitrogen and oxygen atoms in total. The predicted octanol–water partition coefficient (Wildman–Crippen LogP) is 3.62. The Morgan fingerprint density at radius 1 is 1.40 bits per heavy atom. The molecule has 0 radical (unpaired) electrons. The van der Waals surface area contributed by atoms with Crippen LogP contribution in [0.1, 0.15) is 34.1 Å². The van der Waals surface area contributed by atoms with E-state index in [1.54, 1.807) is 50.4 Å². The Morgan fingerprint density at radius 3 is 2.71 bits per heavy atom. The molecule has 0 aliphatic carbocycles. The van der Waals surface area contributed by atoms with Gasteiger partial charge in [0.05, 0.1) is 18.8 Å². The van der Waals surface area contributed by atoms with Crippen molar-refractivity contribution in [2.75, 3.05) is 6.61 Å². The number of aliphatic imine (C=N–C) groups is 1. The van der Waals surface area contributed by atoms with E-state index in [0.29, 0.717) is 0 Å². The second-order valence-corrected chi connectivity index (χ2v) is 10.5. The Hall–Kier alpha value is -2.72. The number of rotatable bonds is 10. The number of carbonyl (C=O) groups excluding carboxylic acids is 1. The van der Waals surface area contributed by atoms with E-state index in [9.17, 15) is 9.36 Å². The van der Waals surface area contributed by atoms with Crippen LogP contribution in [0.5, 0.6) is 5.75 Å². The van der Waals surface area contributed by atoms with Crippen LogP contribution in [0, 0.1) is 0 Å². The molecule has 3 rings (SSSR count). The van der Waals surface area contributed by atoms with Crippen molar-refractivity contribution in [2.45, 2.75) is 64.3 Å². The van der Waals surface area contributed by atoms with Crippen molar-refractivity contribution in [2.24, 2.45) is 10.7 Å². The molecule has 2 aliphatic rings. The summed E-state index contributed by atoms with van der Waals surface area (Å²) >= 11 is 0. The minimum Gasteiger partial charge on any atom is -0.462 e. The second-order valence-electron chi connectivity index (χ2n) is 8.80. The zero-order valence-electron chi connectivity index (χ0n) is 20.2. The summed E-state index contributed by atoms with van der Waals surface area (Å²) in [5.41, 5.74) is 3.87. The fraction of sp³-hybridized carbons (Fsp3) is 0.478. The lowest BCUT2D eigenvalue weighted by molar-refractivity contribution is -0.149. The second kappa shape index (κ2) is 10.9. The van der Waals surface area contributed by atoms with Gasteiger partial charge in [0, 0.05) is 12.6 Å². The van der Waals surface area contributed by atoms with Gasteiger partial charge in [-0.3, -0.25) is 9.32 Å². The normalized spacial score (nSPS) is 26.9. The van der Waals surface area contributed by atoms with Crippen LogP contribution in [0.4, 0.5) is 4.39 Å². The topological polar surface area (TPSA) is 125 Å². The number of nitrogens with one attached hydrogen (secondary N) is 1. The van der Waals surface area contributed by atoms with Gasteiger partial charge in [-0.05, 0) is 45.9 Å². The van der Waals surface area contributed by atoms with E-state index in [4.69, 9.17) is 24.3 Å². The Labute approximate surface area is 204 Å². The first-order valence-electron chi connectivity index (χ1n) is 11.2. The number of benzene rings is 1. The third kappa shape index (κ3) is 7.14. The average molecular weight is 511 g/mol. The van der Waals surface area contributed by atoms with Crippen molar-refractivity contribution in [3.63, 3.8) is 0 Å². The van der Waals surface area contributed by atoms with Gasteiger partial charge in [0.1, 0.15) is 23.4 Å². The molecule has 3 N–H and O–H groups in total. The van der Waals surface area contributed by atoms with Gasteiger partial charge < -0.3 is 24.6 Å². The van der Waals surface area contributed by atoms with Crippen molar-refractivity contribution in [1.82, 2.24) is 9.99 Å². The Balaban J connectivity index is 1.71.